The van der Waals surface area contributed by atoms with Gasteiger partial charge < -0.3 is 10.2 Å². The number of carbonyl (C=O) groups excluding carboxylic acids is 2. The van der Waals surface area contributed by atoms with E-state index in [1.54, 1.807) is 25.2 Å². The number of rotatable bonds is 5. The zero-order chi connectivity index (χ0) is 17.8. The topological polar surface area (TPSA) is 78.1 Å². The summed E-state index contributed by atoms with van der Waals surface area (Å²) >= 11 is 0. The zero-order valence-electron chi connectivity index (χ0n) is 14.7. The fourth-order valence-electron chi connectivity index (χ4n) is 3.30. The van der Waals surface area contributed by atoms with Crippen molar-refractivity contribution in [3.8, 4) is 0 Å². The van der Waals surface area contributed by atoms with Crippen LogP contribution in [0.5, 0.6) is 0 Å². The number of hydrogen-bond donors (Lipinski definition) is 2. The van der Waals surface area contributed by atoms with E-state index < -0.39 is 0 Å². The van der Waals surface area contributed by atoms with E-state index in [-0.39, 0.29) is 17.7 Å². The van der Waals surface area contributed by atoms with E-state index in [0.29, 0.717) is 18.5 Å². The predicted molar refractivity (Wildman–Crippen MR) is 95.4 cm³/mol. The summed E-state index contributed by atoms with van der Waals surface area (Å²) in [5.74, 6) is -0.0624. The van der Waals surface area contributed by atoms with E-state index in [2.05, 4.69) is 15.5 Å². The van der Waals surface area contributed by atoms with Crippen molar-refractivity contribution < 1.29 is 9.59 Å². The second-order valence-electron chi connectivity index (χ2n) is 6.69. The fourth-order valence-corrected chi connectivity index (χ4v) is 3.30. The van der Waals surface area contributed by atoms with Crippen LogP contribution in [-0.2, 0) is 17.6 Å². The highest BCUT2D eigenvalue weighted by atomic mass is 16.2. The number of amides is 2. The molecule has 1 heterocycles. The second-order valence-corrected chi connectivity index (χ2v) is 6.69. The minimum Gasteiger partial charge on any atom is -0.355 e. The molecule has 25 heavy (non-hydrogen) atoms. The monoisotopic (exact) mass is 340 g/mol. The number of aromatic amines is 1. The minimum atomic E-state index is -0.107. The summed E-state index contributed by atoms with van der Waals surface area (Å²) in [6, 6.07) is 7.57. The highest BCUT2D eigenvalue weighted by Gasteiger charge is 2.27. The largest absolute Gasteiger partial charge is 0.355 e. The van der Waals surface area contributed by atoms with Gasteiger partial charge in [0.15, 0.2) is 0 Å². The van der Waals surface area contributed by atoms with Gasteiger partial charge in [-0.15, -0.1) is 0 Å². The summed E-state index contributed by atoms with van der Waals surface area (Å²) in [4.78, 5) is 26.1. The maximum Gasteiger partial charge on any atom is 0.253 e. The van der Waals surface area contributed by atoms with Crippen LogP contribution in [0.15, 0.2) is 30.5 Å². The molecule has 2 aromatic rings. The minimum absolute atomic E-state index is 0.0134. The Bertz CT molecular complexity index is 766. The number of hydrogen-bond acceptors (Lipinski definition) is 3. The van der Waals surface area contributed by atoms with Crippen LogP contribution in [0.25, 0.3) is 0 Å². The van der Waals surface area contributed by atoms with E-state index in [1.165, 1.54) is 0 Å². The molecule has 1 aliphatic rings. The Balaban J connectivity index is 1.56. The van der Waals surface area contributed by atoms with Gasteiger partial charge in [-0.1, -0.05) is 12.1 Å². The molecule has 0 fully saturated rings. The summed E-state index contributed by atoms with van der Waals surface area (Å²) in [5, 5.41) is 10.1. The standard InChI is InChI=1S/C19H24N4O2/c1-23(2)19(25)14-6-3-5-13(11-14)9-10-20-18(24)15-7-4-8-17-16(15)12-21-22-17/h3,5-6,11-12,15H,4,7-10H2,1-2H3,(H,20,24)(H,21,22). The molecule has 132 valence electrons. The summed E-state index contributed by atoms with van der Waals surface area (Å²) in [5.41, 5.74) is 3.83. The summed E-state index contributed by atoms with van der Waals surface area (Å²) in [7, 11) is 3.48. The number of H-pyrrole nitrogens is 1. The van der Waals surface area contributed by atoms with E-state index >= 15 is 0 Å². The van der Waals surface area contributed by atoms with E-state index in [1.807, 2.05) is 24.3 Å². The quantitative estimate of drug-likeness (QED) is 0.872. The first-order valence-corrected chi connectivity index (χ1v) is 8.66. The first-order valence-electron chi connectivity index (χ1n) is 8.66. The highest BCUT2D eigenvalue weighted by Crippen LogP contribution is 2.30. The van der Waals surface area contributed by atoms with Crippen LogP contribution in [0.3, 0.4) is 0 Å². The van der Waals surface area contributed by atoms with Crippen molar-refractivity contribution in [1.29, 1.82) is 0 Å². The average molecular weight is 340 g/mol. The Morgan fingerprint density at radius 3 is 3.00 bits per heavy atom. The fraction of sp³-hybridized carbons (Fsp3) is 0.421. The SMILES string of the molecule is CN(C)C(=O)c1cccc(CCNC(=O)C2CCCc3[nH]ncc32)c1. The van der Waals surface area contributed by atoms with Gasteiger partial charge >= 0.3 is 0 Å². The Morgan fingerprint density at radius 1 is 1.36 bits per heavy atom. The van der Waals surface area contributed by atoms with E-state index in [4.69, 9.17) is 0 Å². The lowest BCUT2D eigenvalue weighted by Crippen LogP contribution is -2.32. The number of fused-ring (bicyclic) bond motifs is 1. The summed E-state index contributed by atoms with van der Waals surface area (Å²) < 4.78 is 0. The molecular formula is C19H24N4O2. The molecule has 0 aliphatic heterocycles. The molecule has 1 aliphatic carbocycles. The molecule has 6 nitrogen and oxygen atoms in total. The third-order valence-electron chi connectivity index (χ3n) is 4.66. The Hall–Kier alpha value is -2.63. The van der Waals surface area contributed by atoms with E-state index in [0.717, 1.165) is 36.1 Å². The lowest BCUT2D eigenvalue weighted by atomic mass is 9.86. The molecule has 6 heteroatoms. The number of nitrogens with one attached hydrogen (secondary N) is 2. The van der Waals surface area contributed by atoms with Crippen LogP contribution in [0.4, 0.5) is 0 Å². The van der Waals surface area contributed by atoms with Crippen LogP contribution >= 0.6 is 0 Å². The smallest absolute Gasteiger partial charge is 0.253 e. The summed E-state index contributed by atoms with van der Waals surface area (Å²) in [6.07, 6.45) is 5.30. The van der Waals surface area contributed by atoms with Crippen LogP contribution < -0.4 is 5.32 Å². The third-order valence-corrected chi connectivity index (χ3v) is 4.66. The maximum atomic E-state index is 12.5. The molecule has 0 spiro atoms. The molecule has 2 amide bonds. The van der Waals surface area contributed by atoms with Gasteiger partial charge in [0.25, 0.3) is 5.91 Å². The Kier molecular flexibility index (Phi) is 5.16. The van der Waals surface area contributed by atoms with Crippen molar-refractivity contribution in [2.24, 2.45) is 0 Å². The zero-order valence-corrected chi connectivity index (χ0v) is 14.7. The number of aromatic nitrogens is 2. The molecule has 0 saturated carbocycles. The predicted octanol–water partition coefficient (Wildman–Crippen LogP) is 1.89. The Morgan fingerprint density at radius 2 is 2.20 bits per heavy atom. The van der Waals surface area contributed by atoms with Gasteiger partial charge in [-0.05, 0) is 43.4 Å². The molecule has 1 aromatic heterocycles. The van der Waals surface area contributed by atoms with E-state index in [9.17, 15) is 9.59 Å². The van der Waals surface area contributed by atoms with Crippen molar-refractivity contribution in [2.75, 3.05) is 20.6 Å². The molecule has 2 N–H and O–H groups in total. The van der Waals surface area contributed by atoms with Gasteiger partial charge in [-0.2, -0.15) is 5.10 Å². The average Bonchev–Trinajstić information content (AvgIpc) is 3.09. The molecule has 1 aromatic carbocycles. The van der Waals surface area contributed by atoms with Gasteiger partial charge in [-0.25, -0.2) is 0 Å². The molecule has 1 unspecified atom stereocenters. The lowest BCUT2D eigenvalue weighted by molar-refractivity contribution is -0.122. The van der Waals surface area contributed by atoms with Crippen molar-refractivity contribution in [3.05, 3.63) is 52.8 Å². The van der Waals surface area contributed by atoms with Crippen LogP contribution in [-0.4, -0.2) is 47.6 Å². The van der Waals surface area contributed by atoms with Crippen molar-refractivity contribution in [1.82, 2.24) is 20.4 Å². The number of nitrogens with zero attached hydrogens (tertiary/aromatic N) is 2. The first-order chi connectivity index (χ1) is 12.1. The third kappa shape index (κ3) is 3.90. The first kappa shape index (κ1) is 17.2. The second kappa shape index (κ2) is 7.51. The van der Waals surface area contributed by atoms with Crippen LogP contribution in [0.2, 0.25) is 0 Å². The lowest BCUT2D eigenvalue weighted by Gasteiger charge is -2.21. The molecule has 3 rings (SSSR count). The molecular weight excluding hydrogens is 316 g/mol. The van der Waals surface area contributed by atoms with Gasteiger partial charge in [0.2, 0.25) is 5.91 Å². The molecule has 1 atom stereocenters. The van der Waals surface area contributed by atoms with Gasteiger partial charge in [0.1, 0.15) is 0 Å². The molecule has 0 saturated heterocycles. The number of benzene rings is 1. The van der Waals surface area contributed by atoms with Crippen LogP contribution in [0.1, 0.15) is 45.9 Å². The van der Waals surface area contributed by atoms with Gasteiger partial charge in [0, 0.05) is 37.5 Å². The van der Waals surface area contributed by atoms with Crippen molar-refractivity contribution in [3.63, 3.8) is 0 Å². The van der Waals surface area contributed by atoms with Crippen molar-refractivity contribution in [2.45, 2.75) is 31.6 Å². The number of carbonyl (C=O) groups is 2. The van der Waals surface area contributed by atoms with Crippen LogP contribution in [0, 0.1) is 0 Å². The molecule has 0 radical (unpaired) electrons. The number of aryl methyl sites for hydroxylation is 1. The Labute approximate surface area is 147 Å². The van der Waals surface area contributed by atoms with Gasteiger partial charge in [0.05, 0.1) is 12.1 Å². The molecule has 0 bridgehead atoms. The van der Waals surface area contributed by atoms with Crippen molar-refractivity contribution >= 4 is 11.8 Å². The highest BCUT2D eigenvalue weighted by molar-refractivity contribution is 5.94. The summed E-state index contributed by atoms with van der Waals surface area (Å²) in [6.45, 7) is 0.558. The van der Waals surface area contributed by atoms with Gasteiger partial charge in [-0.3, -0.25) is 14.7 Å². The normalized spacial score (nSPS) is 16.2. The maximum absolute atomic E-state index is 12.5.